The average Bonchev–Trinajstić information content (AvgIpc) is 2.49. The molecule has 1 N–H and O–H groups in total. The molecule has 0 spiro atoms. The van der Waals surface area contributed by atoms with Crippen molar-refractivity contribution in [2.75, 3.05) is 6.54 Å². The third-order valence-electron chi connectivity index (χ3n) is 5.03. The van der Waals surface area contributed by atoms with E-state index < -0.39 is 11.8 Å². The lowest BCUT2D eigenvalue weighted by atomic mass is 9.78. The minimum Gasteiger partial charge on any atom is -0.478 e. The highest BCUT2D eigenvalue weighted by molar-refractivity contribution is 5.89. The number of benzene rings is 1. The van der Waals surface area contributed by atoms with Crippen LogP contribution in [-0.2, 0) is 6.54 Å². The molecule has 2 fully saturated rings. The van der Waals surface area contributed by atoms with Crippen molar-refractivity contribution in [1.29, 1.82) is 0 Å². The van der Waals surface area contributed by atoms with E-state index in [1.54, 1.807) is 6.07 Å². The summed E-state index contributed by atoms with van der Waals surface area (Å²) in [5.41, 5.74) is 0.836. The van der Waals surface area contributed by atoms with Gasteiger partial charge >= 0.3 is 5.97 Å². The van der Waals surface area contributed by atoms with Gasteiger partial charge in [-0.25, -0.2) is 9.18 Å². The predicted molar refractivity (Wildman–Crippen MR) is 78.7 cm³/mol. The van der Waals surface area contributed by atoms with Crippen molar-refractivity contribution in [3.05, 3.63) is 35.1 Å². The molecule has 2 aliphatic rings. The van der Waals surface area contributed by atoms with E-state index in [9.17, 15) is 14.3 Å². The number of fused-ring (bicyclic) bond motifs is 1. The Kier molecular flexibility index (Phi) is 4.24. The third kappa shape index (κ3) is 3.10. The van der Waals surface area contributed by atoms with Gasteiger partial charge in [0.25, 0.3) is 0 Å². The van der Waals surface area contributed by atoms with Crippen LogP contribution in [0, 0.1) is 11.7 Å². The van der Waals surface area contributed by atoms with Crippen molar-refractivity contribution < 1.29 is 14.3 Å². The number of hydrogen-bond acceptors (Lipinski definition) is 2. The Morgan fingerprint density at radius 2 is 2.00 bits per heavy atom. The molecular weight excluding hydrogens is 269 g/mol. The lowest BCUT2D eigenvalue weighted by Gasteiger charge is -2.44. The second-order valence-corrected chi connectivity index (χ2v) is 6.33. The van der Waals surface area contributed by atoms with Crippen molar-refractivity contribution >= 4 is 5.97 Å². The van der Waals surface area contributed by atoms with E-state index in [0.717, 1.165) is 24.1 Å². The number of halogens is 1. The van der Waals surface area contributed by atoms with E-state index in [2.05, 4.69) is 4.90 Å². The van der Waals surface area contributed by atoms with E-state index in [1.165, 1.54) is 44.6 Å². The van der Waals surface area contributed by atoms with Crippen molar-refractivity contribution in [2.24, 2.45) is 5.92 Å². The maximum absolute atomic E-state index is 13.3. The number of carboxylic acids is 1. The lowest BCUT2D eigenvalue weighted by molar-refractivity contribution is 0.0535. The molecule has 0 unspecified atom stereocenters. The van der Waals surface area contributed by atoms with Gasteiger partial charge < -0.3 is 5.11 Å². The molecule has 1 aliphatic heterocycles. The fraction of sp³-hybridized carbons (Fsp3) is 0.588. The highest BCUT2D eigenvalue weighted by Gasteiger charge is 2.33. The number of likely N-dealkylation sites (tertiary alicyclic amines) is 1. The number of rotatable bonds is 3. The number of aromatic carboxylic acids is 1. The Labute approximate surface area is 124 Å². The van der Waals surface area contributed by atoms with Crippen LogP contribution >= 0.6 is 0 Å². The minimum absolute atomic E-state index is 0.105. The average molecular weight is 291 g/mol. The summed E-state index contributed by atoms with van der Waals surface area (Å²) in [6.07, 6.45) is 7.60. The first-order chi connectivity index (χ1) is 10.1. The van der Waals surface area contributed by atoms with Crippen LogP contribution in [0.5, 0.6) is 0 Å². The monoisotopic (exact) mass is 291 g/mol. The van der Waals surface area contributed by atoms with Crippen LogP contribution < -0.4 is 0 Å². The SMILES string of the molecule is O=C(O)c1cc(F)ccc1CN1CCC[C@H]2CCCC[C@H]21. The highest BCUT2D eigenvalue weighted by atomic mass is 19.1. The summed E-state index contributed by atoms with van der Waals surface area (Å²) in [5.74, 6) is -0.756. The molecule has 1 aromatic rings. The van der Waals surface area contributed by atoms with E-state index in [-0.39, 0.29) is 5.56 Å². The lowest BCUT2D eigenvalue weighted by Crippen LogP contribution is -2.46. The summed E-state index contributed by atoms with van der Waals surface area (Å²) < 4.78 is 13.3. The van der Waals surface area contributed by atoms with E-state index in [1.807, 2.05) is 0 Å². The fourth-order valence-corrected chi connectivity index (χ4v) is 4.03. The first-order valence-corrected chi connectivity index (χ1v) is 7.91. The summed E-state index contributed by atoms with van der Waals surface area (Å²) in [6.45, 7) is 1.65. The van der Waals surface area contributed by atoms with Crippen LogP contribution in [-0.4, -0.2) is 28.6 Å². The summed E-state index contributed by atoms with van der Waals surface area (Å²) >= 11 is 0. The van der Waals surface area contributed by atoms with E-state index in [4.69, 9.17) is 0 Å². The first-order valence-electron chi connectivity index (χ1n) is 7.91. The first kappa shape index (κ1) is 14.5. The van der Waals surface area contributed by atoms with Crippen LogP contribution in [0.2, 0.25) is 0 Å². The van der Waals surface area contributed by atoms with Gasteiger partial charge in [0.2, 0.25) is 0 Å². The molecule has 1 saturated carbocycles. The molecule has 3 rings (SSSR count). The minimum atomic E-state index is -1.04. The number of nitrogens with zero attached hydrogens (tertiary/aromatic N) is 1. The van der Waals surface area contributed by atoms with Crippen LogP contribution in [0.25, 0.3) is 0 Å². The second-order valence-electron chi connectivity index (χ2n) is 6.33. The molecule has 0 amide bonds. The van der Waals surface area contributed by atoms with E-state index in [0.29, 0.717) is 12.6 Å². The number of hydrogen-bond donors (Lipinski definition) is 1. The van der Waals surface area contributed by atoms with Crippen molar-refractivity contribution in [1.82, 2.24) is 4.90 Å². The molecule has 0 radical (unpaired) electrons. The molecule has 1 saturated heterocycles. The largest absolute Gasteiger partial charge is 0.478 e. The molecule has 4 heteroatoms. The van der Waals surface area contributed by atoms with E-state index >= 15 is 0 Å². The molecule has 0 bridgehead atoms. The number of piperidine rings is 1. The normalized spacial score (nSPS) is 26.3. The third-order valence-corrected chi connectivity index (χ3v) is 5.03. The Bertz CT molecular complexity index is 530. The number of carboxylic acid groups (broad SMARTS) is 1. The molecule has 1 aromatic carbocycles. The molecule has 21 heavy (non-hydrogen) atoms. The molecule has 3 nitrogen and oxygen atoms in total. The van der Waals surface area contributed by atoms with Gasteiger partial charge in [0.15, 0.2) is 0 Å². The van der Waals surface area contributed by atoms with Crippen LogP contribution in [0.1, 0.15) is 54.4 Å². The van der Waals surface area contributed by atoms with Gasteiger partial charge in [0.05, 0.1) is 5.56 Å². The summed E-state index contributed by atoms with van der Waals surface area (Å²) in [7, 11) is 0. The zero-order chi connectivity index (χ0) is 14.8. The fourth-order valence-electron chi connectivity index (χ4n) is 4.03. The molecule has 1 heterocycles. The second kappa shape index (κ2) is 6.14. The smallest absolute Gasteiger partial charge is 0.336 e. The maximum Gasteiger partial charge on any atom is 0.336 e. The van der Waals surface area contributed by atoms with Crippen molar-refractivity contribution in [3.8, 4) is 0 Å². The van der Waals surface area contributed by atoms with Gasteiger partial charge in [-0.1, -0.05) is 18.9 Å². The van der Waals surface area contributed by atoms with Crippen LogP contribution in [0.3, 0.4) is 0 Å². The molecule has 1 aliphatic carbocycles. The molecule has 0 aromatic heterocycles. The number of carbonyl (C=O) groups is 1. The zero-order valence-electron chi connectivity index (χ0n) is 12.2. The van der Waals surface area contributed by atoms with Gasteiger partial charge in [0.1, 0.15) is 5.82 Å². The summed E-state index contributed by atoms with van der Waals surface area (Å²) in [6, 6.07) is 4.72. The predicted octanol–water partition coefficient (Wildman–Crippen LogP) is 3.68. The van der Waals surface area contributed by atoms with Crippen LogP contribution in [0.15, 0.2) is 18.2 Å². The van der Waals surface area contributed by atoms with Crippen LogP contribution in [0.4, 0.5) is 4.39 Å². The van der Waals surface area contributed by atoms with Gasteiger partial charge in [0, 0.05) is 12.6 Å². The van der Waals surface area contributed by atoms with Gasteiger partial charge in [-0.15, -0.1) is 0 Å². The van der Waals surface area contributed by atoms with Gasteiger partial charge in [-0.05, 0) is 55.8 Å². The molecular formula is C17H22FNO2. The maximum atomic E-state index is 13.3. The Morgan fingerprint density at radius 1 is 1.24 bits per heavy atom. The summed E-state index contributed by atoms with van der Waals surface area (Å²) in [5, 5.41) is 9.27. The topological polar surface area (TPSA) is 40.5 Å². The molecule has 2 atom stereocenters. The van der Waals surface area contributed by atoms with Crippen molar-refractivity contribution in [2.45, 2.75) is 51.1 Å². The van der Waals surface area contributed by atoms with Gasteiger partial charge in [-0.2, -0.15) is 0 Å². The summed E-state index contributed by atoms with van der Waals surface area (Å²) in [4.78, 5) is 13.7. The Morgan fingerprint density at radius 3 is 2.81 bits per heavy atom. The quantitative estimate of drug-likeness (QED) is 0.923. The Hall–Kier alpha value is -1.42. The standard InChI is InChI=1S/C17H22FNO2/c18-14-8-7-13(15(10-14)17(20)21)11-19-9-3-5-12-4-1-2-6-16(12)19/h7-8,10,12,16H,1-6,9,11H2,(H,20,21)/t12-,16-/m1/s1. The zero-order valence-corrected chi connectivity index (χ0v) is 12.2. The molecule has 114 valence electrons. The van der Waals surface area contributed by atoms with Crippen molar-refractivity contribution in [3.63, 3.8) is 0 Å². The highest BCUT2D eigenvalue weighted by Crippen LogP contribution is 2.36. The van der Waals surface area contributed by atoms with Gasteiger partial charge in [-0.3, -0.25) is 4.90 Å². The Balaban J connectivity index is 1.80.